The van der Waals surface area contributed by atoms with Crippen molar-refractivity contribution in [3.8, 4) is 0 Å². The molecule has 1 fully saturated rings. The quantitative estimate of drug-likeness (QED) is 0.561. The highest BCUT2D eigenvalue weighted by molar-refractivity contribution is 7.89. The molecule has 29 heavy (non-hydrogen) atoms. The summed E-state index contributed by atoms with van der Waals surface area (Å²) in [6.45, 7) is 3.74. The molecule has 8 nitrogen and oxygen atoms in total. The minimum atomic E-state index is -3.92. The minimum Gasteiger partial charge on any atom is -0.356 e. The van der Waals surface area contributed by atoms with Gasteiger partial charge in [0.05, 0.1) is 11.5 Å². The number of anilines is 1. The smallest absolute Gasteiger partial charge is 0.289 e. The van der Waals surface area contributed by atoms with Crippen molar-refractivity contribution in [3.05, 3.63) is 63.7 Å². The number of aryl methyl sites for hydroxylation is 1. The van der Waals surface area contributed by atoms with Crippen molar-refractivity contribution in [3.63, 3.8) is 0 Å². The zero-order valence-electron chi connectivity index (χ0n) is 16.2. The third-order valence-electron chi connectivity index (χ3n) is 5.58. The third-order valence-corrected chi connectivity index (χ3v) is 7.52. The van der Waals surface area contributed by atoms with Crippen LogP contribution in [0.3, 0.4) is 0 Å². The Morgan fingerprint density at radius 1 is 1.14 bits per heavy atom. The number of sulfonamides is 1. The van der Waals surface area contributed by atoms with Crippen LogP contribution in [0.2, 0.25) is 0 Å². The maximum Gasteiger partial charge on any atom is 0.289 e. The van der Waals surface area contributed by atoms with Crippen LogP contribution < -0.4 is 4.90 Å². The number of nitrogens with zero attached hydrogens (tertiary/aromatic N) is 3. The number of hydrogen-bond acceptors (Lipinski definition) is 6. The summed E-state index contributed by atoms with van der Waals surface area (Å²) >= 11 is 0. The lowest BCUT2D eigenvalue weighted by atomic mass is 10.0. The molecule has 154 valence electrons. The molecule has 2 heterocycles. The predicted octanol–water partition coefficient (Wildman–Crippen LogP) is 3.05. The fourth-order valence-electron chi connectivity index (χ4n) is 4.10. The van der Waals surface area contributed by atoms with Crippen LogP contribution in [0.15, 0.2) is 47.4 Å². The maximum absolute atomic E-state index is 13.0. The van der Waals surface area contributed by atoms with Crippen molar-refractivity contribution in [1.82, 2.24) is 4.31 Å². The topological polar surface area (TPSA) is 93.0 Å². The van der Waals surface area contributed by atoms with E-state index in [0.717, 1.165) is 11.3 Å². The van der Waals surface area contributed by atoms with Gasteiger partial charge in [-0.05, 0) is 31.9 Å². The molecule has 2 aliphatic rings. The van der Waals surface area contributed by atoms with Crippen molar-refractivity contribution in [2.24, 2.45) is 0 Å². The normalized spacial score (nSPS) is 18.4. The molecule has 9 heteroatoms. The molecule has 0 N–H and O–H groups in total. The SMILES string of the molecule is Cc1ccc2c(c1)COCN2C1CCN(S(=O)(=O)c2ccccc2[N+](=O)[O-])CC1. The van der Waals surface area contributed by atoms with E-state index in [2.05, 4.69) is 23.1 Å². The van der Waals surface area contributed by atoms with Crippen LogP contribution >= 0.6 is 0 Å². The average molecular weight is 417 g/mol. The molecule has 0 radical (unpaired) electrons. The zero-order chi connectivity index (χ0) is 20.6. The molecule has 0 amide bonds. The fraction of sp³-hybridized carbons (Fsp3) is 0.400. The first-order chi connectivity index (χ1) is 13.9. The molecule has 2 aromatic rings. The standard InChI is InChI=1S/C20H23N3O5S/c1-15-6-7-18-16(12-15)13-28-14-22(18)17-8-10-21(11-9-17)29(26,27)20-5-3-2-4-19(20)23(24)25/h2-7,12,17H,8-11,13-14H2,1H3. The average Bonchev–Trinajstić information content (AvgIpc) is 2.73. The Kier molecular flexibility index (Phi) is 5.28. The number of fused-ring (bicyclic) bond motifs is 1. The van der Waals surface area contributed by atoms with Gasteiger partial charge < -0.3 is 9.64 Å². The van der Waals surface area contributed by atoms with E-state index < -0.39 is 14.9 Å². The van der Waals surface area contributed by atoms with E-state index in [-0.39, 0.29) is 16.6 Å². The summed E-state index contributed by atoms with van der Waals surface area (Å²) in [6.07, 6.45) is 1.27. The summed E-state index contributed by atoms with van der Waals surface area (Å²) in [4.78, 5) is 12.6. The Morgan fingerprint density at radius 3 is 2.59 bits per heavy atom. The number of nitro groups is 1. The number of hydrogen-bond donors (Lipinski definition) is 0. The fourth-order valence-corrected chi connectivity index (χ4v) is 5.72. The van der Waals surface area contributed by atoms with Gasteiger partial charge in [-0.1, -0.05) is 29.8 Å². The van der Waals surface area contributed by atoms with Crippen molar-refractivity contribution < 1.29 is 18.1 Å². The molecule has 0 saturated carbocycles. The number of piperidine rings is 1. The predicted molar refractivity (Wildman–Crippen MR) is 108 cm³/mol. The van der Waals surface area contributed by atoms with E-state index in [1.165, 1.54) is 34.1 Å². The van der Waals surface area contributed by atoms with Crippen molar-refractivity contribution in [2.75, 3.05) is 24.7 Å². The van der Waals surface area contributed by atoms with Crippen LogP contribution in [0.25, 0.3) is 0 Å². The van der Waals surface area contributed by atoms with E-state index in [0.29, 0.717) is 39.3 Å². The van der Waals surface area contributed by atoms with Gasteiger partial charge in [0, 0.05) is 36.4 Å². The first kappa shape index (κ1) is 19.8. The van der Waals surface area contributed by atoms with Crippen molar-refractivity contribution in [1.29, 1.82) is 0 Å². The number of para-hydroxylation sites is 1. The van der Waals surface area contributed by atoms with E-state index in [1.54, 1.807) is 0 Å². The molecular weight excluding hydrogens is 394 g/mol. The molecular formula is C20H23N3O5S. The second-order valence-electron chi connectivity index (χ2n) is 7.44. The zero-order valence-corrected chi connectivity index (χ0v) is 17.0. The Balaban J connectivity index is 1.52. The Hall–Kier alpha value is -2.49. The Bertz CT molecular complexity index is 1030. The molecule has 4 rings (SSSR count). The van der Waals surface area contributed by atoms with Crippen LogP contribution in [0.4, 0.5) is 11.4 Å². The van der Waals surface area contributed by atoms with Gasteiger partial charge in [0.25, 0.3) is 5.69 Å². The van der Waals surface area contributed by atoms with Crippen LogP contribution in [-0.2, 0) is 21.4 Å². The van der Waals surface area contributed by atoms with Crippen molar-refractivity contribution in [2.45, 2.75) is 37.3 Å². The number of nitro benzene ring substituents is 1. The van der Waals surface area contributed by atoms with Gasteiger partial charge in [0.15, 0.2) is 4.90 Å². The Labute approximate surface area is 169 Å². The first-order valence-electron chi connectivity index (χ1n) is 9.55. The summed E-state index contributed by atoms with van der Waals surface area (Å²) in [5, 5.41) is 11.3. The lowest BCUT2D eigenvalue weighted by molar-refractivity contribution is -0.387. The largest absolute Gasteiger partial charge is 0.356 e. The van der Waals surface area contributed by atoms with Gasteiger partial charge in [-0.15, -0.1) is 0 Å². The monoisotopic (exact) mass is 417 g/mol. The molecule has 0 spiro atoms. The summed E-state index contributed by atoms with van der Waals surface area (Å²) in [7, 11) is -3.92. The van der Waals surface area contributed by atoms with Crippen LogP contribution in [0, 0.1) is 17.0 Å². The molecule has 0 aliphatic carbocycles. The summed E-state index contributed by atoms with van der Waals surface area (Å²) in [6, 6.07) is 12.0. The van der Waals surface area contributed by atoms with Gasteiger partial charge in [-0.3, -0.25) is 10.1 Å². The van der Waals surface area contributed by atoms with Gasteiger partial charge in [0.2, 0.25) is 10.0 Å². The molecule has 0 aromatic heterocycles. The van der Waals surface area contributed by atoms with Gasteiger partial charge in [0.1, 0.15) is 6.73 Å². The van der Waals surface area contributed by atoms with E-state index in [4.69, 9.17) is 4.74 Å². The molecule has 0 unspecified atom stereocenters. The van der Waals surface area contributed by atoms with Gasteiger partial charge in [-0.2, -0.15) is 4.31 Å². The minimum absolute atomic E-state index is 0.161. The number of benzene rings is 2. The summed E-state index contributed by atoms with van der Waals surface area (Å²) < 4.78 is 33.1. The Morgan fingerprint density at radius 2 is 1.86 bits per heavy atom. The lowest BCUT2D eigenvalue weighted by Crippen LogP contribution is -2.48. The van der Waals surface area contributed by atoms with Gasteiger partial charge >= 0.3 is 0 Å². The van der Waals surface area contributed by atoms with Crippen LogP contribution in [0.5, 0.6) is 0 Å². The molecule has 0 atom stereocenters. The highest BCUT2D eigenvalue weighted by Crippen LogP contribution is 2.33. The highest BCUT2D eigenvalue weighted by Gasteiger charge is 2.36. The second kappa shape index (κ2) is 7.74. The lowest BCUT2D eigenvalue weighted by Gasteiger charge is -2.41. The first-order valence-corrected chi connectivity index (χ1v) is 11.0. The molecule has 0 bridgehead atoms. The summed E-state index contributed by atoms with van der Waals surface area (Å²) in [5.41, 5.74) is 3.08. The van der Waals surface area contributed by atoms with E-state index in [1.807, 2.05) is 6.92 Å². The maximum atomic E-state index is 13.0. The molecule has 2 aromatic carbocycles. The highest BCUT2D eigenvalue weighted by atomic mass is 32.2. The summed E-state index contributed by atoms with van der Waals surface area (Å²) in [5.74, 6) is 0. The molecule has 1 saturated heterocycles. The third kappa shape index (κ3) is 3.73. The molecule has 2 aliphatic heterocycles. The van der Waals surface area contributed by atoms with Crippen LogP contribution in [-0.4, -0.2) is 43.5 Å². The van der Waals surface area contributed by atoms with E-state index >= 15 is 0 Å². The van der Waals surface area contributed by atoms with Gasteiger partial charge in [-0.25, -0.2) is 8.42 Å². The van der Waals surface area contributed by atoms with Crippen molar-refractivity contribution >= 4 is 21.4 Å². The van der Waals surface area contributed by atoms with E-state index in [9.17, 15) is 18.5 Å². The van der Waals surface area contributed by atoms with Crippen LogP contribution in [0.1, 0.15) is 24.0 Å². The number of rotatable bonds is 4. The second-order valence-corrected chi connectivity index (χ2v) is 9.35. The number of ether oxygens (including phenoxy) is 1.